The third kappa shape index (κ3) is 9.26. The van der Waals surface area contributed by atoms with Crippen LogP contribution in [0.1, 0.15) is 24.7 Å². The Morgan fingerprint density at radius 1 is 1.03 bits per heavy atom. The highest BCUT2D eigenvalue weighted by Crippen LogP contribution is 2.38. The Labute approximate surface area is 201 Å². The van der Waals surface area contributed by atoms with Crippen molar-refractivity contribution < 1.29 is 23.4 Å². The van der Waals surface area contributed by atoms with Crippen LogP contribution < -0.4 is 24.8 Å². The molecule has 0 aliphatic carbocycles. The number of hydrogen-bond acceptors (Lipinski definition) is 6. The second-order valence-corrected chi connectivity index (χ2v) is 6.43. The number of halogens is 1. The van der Waals surface area contributed by atoms with Gasteiger partial charge in [0.2, 0.25) is 5.75 Å². The van der Waals surface area contributed by atoms with Gasteiger partial charge >= 0.3 is 0 Å². The van der Waals surface area contributed by atoms with E-state index in [1.165, 1.54) is 0 Å². The summed E-state index contributed by atoms with van der Waals surface area (Å²) < 4.78 is 27.0. The van der Waals surface area contributed by atoms with Crippen LogP contribution in [0.4, 0.5) is 0 Å². The third-order valence-electron chi connectivity index (χ3n) is 4.35. The number of ether oxygens (including phenoxy) is 4. The largest absolute Gasteiger partial charge is 0.493 e. The van der Waals surface area contributed by atoms with E-state index in [9.17, 15) is 0 Å². The van der Waals surface area contributed by atoms with E-state index < -0.39 is 0 Å². The summed E-state index contributed by atoms with van der Waals surface area (Å²) in [6.45, 7) is 5.37. The van der Waals surface area contributed by atoms with Gasteiger partial charge in [-0.05, 0) is 43.2 Å². The molecule has 0 spiro atoms. The summed E-state index contributed by atoms with van der Waals surface area (Å²) in [4.78, 5) is 4.71. The molecule has 0 aliphatic heterocycles. The first-order valence-electron chi connectivity index (χ1n) is 10.1. The zero-order valence-corrected chi connectivity index (χ0v) is 21.1. The summed E-state index contributed by atoms with van der Waals surface area (Å²) in [5, 5.41) is 6.70. The number of guanidine groups is 1. The number of nitrogens with zero attached hydrogens (tertiary/aromatic N) is 1. The lowest BCUT2D eigenvalue weighted by Crippen LogP contribution is -2.39. The number of nitrogens with one attached hydrogen (secondary N) is 2. The van der Waals surface area contributed by atoms with Crippen LogP contribution in [-0.4, -0.2) is 53.6 Å². The Hall–Kier alpha value is -2.14. The molecule has 0 unspecified atom stereocenters. The van der Waals surface area contributed by atoms with E-state index in [2.05, 4.69) is 10.6 Å². The van der Waals surface area contributed by atoms with Crippen molar-refractivity contribution in [3.05, 3.63) is 41.9 Å². The lowest BCUT2D eigenvalue weighted by atomic mass is 10.2. The molecule has 2 N–H and O–H groups in total. The second-order valence-electron chi connectivity index (χ2n) is 6.43. The average molecular weight is 547 g/mol. The van der Waals surface area contributed by atoms with Gasteiger partial charge in [0.05, 0.1) is 34.1 Å². The number of methoxy groups -OCH3 is 3. The fourth-order valence-corrected chi connectivity index (χ4v) is 2.86. The summed E-state index contributed by atoms with van der Waals surface area (Å²) >= 11 is 0. The number of hydrogen-bond donors (Lipinski definition) is 2. The van der Waals surface area contributed by atoms with E-state index in [1.807, 2.05) is 31.2 Å². The molecule has 0 amide bonds. The monoisotopic (exact) mass is 547 g/mol. The topological polar surface area (TPSA) is 86.5 Å². The Kier molecular flexibility index (Phi) is 13.6. The zero-order chi connectivity index (χ0) is 21.6. The van der Waals surface area contributed by atoms with Gasteiger partial charge in [-0.3, -0.25) is 0 Å². The highest BCUT2D eigenvalue weighted by molar-refractivity contribution is 14.0. The van der Waals surface area contributed by atoms with E-state index in [1.54, 1.807) is 27.6 Å². The van der Waals surface area contributed by atoms with Crippen molar-refractivity contribution in [1.82, 2.24) is 10.6 Å². The predicted octanol–water partition coefficient (Wildman–Crippen LogP) is 3.63. The van der Waals surface area contributed by atoms with Crippen molar-refractivity contribution >= 4 is 29.9 Å². The van der Waals surface area contributed by atoms with Crippen LogP contribution in [0, 0.1) is 0 Å². The molecule has 9 heteroatoms. The highest BCUT2D eigenvalue weighted by Gasteiger charge is 2.13. The van der Waals surface area contributed by atoms with Crippen LogP contribution in [0.25, 0.3) is 0 Å². The normalized spacial score (nSPS) is 10.9. The molecule has 1 heterocycles. The second kappa shape index (κ2) is 15.6. The minimum absolute atomic E-state index is 0. The fourth-order valence-electron chi connectivity index (χ4n) is 2.86. The van der Waals surface area contributed by atoms with E-state index in [0.29, 0.717) is 30.3 Å². The molecule has 0 bridgehead atoms. The first kappa shape index (κ1) is 26.9. The number of furan rings is 1. The lowest BCUT2D eigenvalue weighted by molar-refractivity contribution is 0.145. The van der Waals surface area contributed by atoms with Gasteiger partial charge in [0.15, 0.2) is 17.5 Å². The molecule has 0 fully saturated rings. The van der Waals surface area contributed by atoms with E-state index >= 15 is 0 Å². The molecule has 0 saturated heterocycles. The van der Waals surface area contributed by atoms with Crippen molar-refractivity contribution in [3.63, 3.8) is 0 Å². The van der Waals surface area contributed by atoms with Crippen molar-refractivity contribution in [2.75, 3.05) is 47.6 Å². The lowest BCUT2D eigenvalue weighted by Gasteiger charge is -2.15. The molecular weight excluding hydrogens is 513 g/mol. The standard InChI is InChI=1S/C22H33N3O5.HI/c1-5-29-12-7-10-23-22(24-11-9-18-8-6-13-30-18)25-16-17-14-19(26-2)21(28-4)20(15-17)27-3;/h6,8,13-15H,5,7,9-12,16H2,1-4H3,(H2,23,24,25);1H. The maximum atomic E-state index is 5.43. The third-order valence-corrected chi connectivity index (χ3v) is 4.35. The maximum absolute atomic E-state index is 5.43. The molecule has 2 aromatic rings. The smallest absolute Gasteiger partial charge is 0.203 e. The van der Waals surface area contributed by atoms with Gasteiger partial charge in [-0.2, -0.15) is 0 Å². The van der Waals surface area contributed by atoms with Gasteiger partial charge in [0.25, 0.3) is 0 Å². The zero-order valence-electron chi connectivity index (χ0n) is 18.7. The Morgan fingerprint density at radius 2 is 1.74 bits per heavy atom. The van der Waals surface area contributed by atoms with Gasteiger partial charge < -0.3 is 34.0 Å². The van der Waals surface area contributed by atoms with Crippen LogP contribution in [0.5, 0.6) is 17.2 Å². The predicted molar refractivity (Wildman–Crippen MR) is 132 cm³/mol. The molecular formula is C22H34IN3O5. The number of aliphatic imine (C=N–C) groups is 1. The van der Waals surface area contributed by atoms with Crippen molar-refractivity contribution in [1.29, 1.82) is 0 Å². The molecule has 0 saturated carbocycles. The quantitative estimate of drug-likeness (QED) is 0.172. The SMILES string of the molecule is CCOCCCNC(=NCc1cc(OC)c(OC)c(OC)c1)NCCc1ccco1.I. The van der Waals surface area contributed by atoms with E-state index in [0.717, 1.165) is 49.9 Å². The minimum atomic E-state index is 0. The Morgan fingerprint density at radius 3 is 2.32 bits per heavy atom. The number of benzene rings is 1. The van der Waals surface area contributed by atoms with Crippen molar-refractivity contribution in [2.45, 2.75) is 26.3 Å². The minimum Gasteiger partial charge on any atom is -0.493 e. The summed E-state index contributed by atoms with van der Waals surface area (Å²) in [6, 6.07) is 7.66. The summed E-state index contributed by atoms with van der Waals surface area (Å²) in [5.74, 6) is 3.45. The molecule has 1 aromatic heterocycles. The first-order valence-corrected chi connectivity index (χ1v) is 10.1. The summed E-state index contributed by atoms with van der Waals surface area (Å²) in [6.07, 6.45) is 3.36. The van der Waals surface area contributed by atoms with Gasteiger partial charge in [-0.1, -0.05) is 0 Å². The molecule has 0 radical (unpaired) electrons. The highest BCUT2D eigenvalue weighted by atomic mass is 127. The average Bonchev–Trinajstić information content (AvgIpc) is 3.29. The van der Waals surface area contributed by atoms with E-state index in [4.69, 9.17) is 28.4 Å². The van der Waals surface area contributed by atoms with Gasteiger partial charge in [-0.15, -0.1) is 24.0 Å². The fraction of sp³-hybridized carbons (Fsp3) is 0.500. The Balaban J connectivity index is 0.00000480. The maximum Gasteiger partial charge on any atom is 0.203 e. The summed E-state index contributed by atoms with van der Waals surface area (Å²) in [5.41, 5.74) is 0.950. The van der Waals surface area contributed by atoms with Crippen molar-refractivity contribution in [2.24, 2.45) is 4.99 Å². The molecule has 174 valence electrons. The Bertz CT molecular complexity index is 744. The van der Waals surface area contributed by atoms with E-state index in [-0.39, 0.29) is 24.0 Å². The molecule has 0 aliphatic rings. The van der Waals surface area contributed by atoms with Crippen LogP contribution >= 0.6 is 24.0 Å². The molecule has 31 heavy (non-hydrogen) atoms. The number of rotatable bonds is 13. The van der Waals surface area contributed by atoms with Crippen LogP contribution in [0.15, 0.2) is 39.9 Å². The molecule has 1 aromatic carbocycles. The molecule has 8 nitrogen and oxygen atoms in total. The molecule has 0 atom stereocenters. The van der Waals surface area contributed by atoms with Gasteiger partial charge in [0, 0.05) is 32.7 Å². The summed E-state index contributed by atoms with van der Waals surface area (Å²) in [7, 11) is 4.79. The van der Waals surface area contributed by atoms with Crippen LogP contribution in [0.2, 0.25) is 0 Å². The molecule has 2 rings (SSSR count). The van der Waals surface area contributed by atoms with Crippen molar-refractivity contribution in [3.8, 4) is 17.2 Å². The van der Waals surface area contributed by atoms with Crippen LogP contribution in [-0.2, 0) is 17.7 Å². The first-order chi connectivity index (χ1) is 14.7. The van der Waals surface area contributed by atoms with Gasteiger partial charge in [-0.25, -0.2) is 4.99 Å². The van der Waals surface area contributed by atoms with Crippen LogP contribution in [0.3, 0.4) is 0 Å². The van der Waals surface area contributed by atoms with Gasteiger partial charge in [0.1, 0.15) is 5.76 Å².